The molecule has 0 saturated carbocycles. The molecule has 2 amide bonds. The van der Waals surface area contributed by atoms with E-state index in [4.69, 9.17) is 34.8 Å². The second kappa shape index (κ2) is 8.02. The Morgan fingerprint density at radius 2 is 1.52 bits per heavy atom. The van der Waals surface area contributed by atoms with Gasteiger partial charge in [0.05, 0.1) is 10.6 Å². The van der Waals surface area contributed by atoms with E-state index in [1.165, 1.54) is 18.2 Å². The summed E-state index contributed by atoms with van der Waals surface area (Å²) in [5.41, 5.74) is 5.48. The lowest BCUT2D eigenvalue weighted by molar-refractivity contribution is -0.117. The number of hydrazine groups is 1. The number of rotatable bonds is 3. The van der Waals surface area contributed by atoms with Gasteiger partial charge in [-0.2, -0.15) is 0 Å². The molecule has 4 nitrogen and oxygen atoms in total. The van der Waals surface area contributed by atoms with E-state index in [1.807, 2.05) is 0 Å². The normalized spacial score (nSPS) is 10.6. The van der Waals surface area contributed by atoms with Crippen molar-refractivity contribution in [1.82, 2.24) is 10.9 Å². The Bertz CT molecular complexity index is 758. The van der Waals surface area contributed by atoms with Crippen LogP contribution in [-0.4, -0.2) is 11.8 Å². The molecule has 0 spiro atoms. The van der Waals surface area contributed by atoms with Crippen LogP contribution in [0.15, 0.2) is 48.5 Å². The first kappa shape index (κ1) is 17.3. The van der Waals surface area contributed by atoms with Gasteiger partial charge in [0.2, 0.25) is 0 Å². The summed E-state index contributed by atoms with van der Waals surface area (Å²) in [5, 5.41) is 1.21. The van der Waals surface area contributed by atoms with E-state index in [0.717, 1.165) is 5.56 Å². The molecule has 2 aromatic carbocycles. The van der Waals surface area contributed by atoms with Crippen LogP contribution >= 0.6 is 34.8 Å². The van der Waals surface area contributed by atoms with Gasteiger partial charge in [0, 0.05) is 16.1 Å². The smallest absolute Gasteiger partial charge is 0.268 e. The molecule has 0 aromatic heterocycles. The minimum Gasteiger partial charge on any atom is -0.268 e. The van der Waals surface area contributed by atoms with Gasteiger partial charge in [-0.1, -0.05) is 46.9 Å². The van der Waals surface area contributed by atoms with Crippen LogP contribution in [0.4, 0.5) is 0 Å². The van der Waals surface area contributed by atoms with Crippen molar-refractivity contribution in [2.24, 2.45) is 0 Å². The molecule has 0 unspecified atom stereocenters. The minimum atomic E-state index is -0.564. The van der Waals surface area contributed by atoms with E-state index < -0.39 is 11.8 Å². The molecule has 0 radical (unpaired) electrons. The molecule has 7 heteroatoms. The highest BCUT2D eigenvalue weighted by molar-refractivity contribution is 6.35. The third kappa shape index (κ3) is 5.28. The predicted octanol–water partition coefficient (Wildman–Crippen LogP) is 4.12. The van der Waals surface area contributed by atoms with Gasteiger partial charge < -0.3 is 0 Å². The Morgan fingerprint density at radius 1 is 0.870 bits per heavy atom. The highest BCUT2D eigenvalue weighted by Gasteiger charge is 2.11. The van der Waals surface area contributed by atoms with Gasteiger partial charge in [-0.25, -0.2) is 0 Å². The molecule has 0 aliphatic heterocycles. The number of carbonyl (C=O) groups excluding carboxylic acids is 2. The van der Waals surface area contributed by atoms with Gasteiger partial charge in [-0.15, -0.1) is 0 Å². The SMILES string of the molecule is O=C(/C=C/c1ccc(Cl)cc1)NNC(=O)c1cc(Cl)ccc1Cl. The van der Waals surface area contributed by atoms with Crippen LogP contribution in [0.2, 0.25) is 15.1 Å². The van der Waals surface area contributed by atoms with E-state index in [0.29, 0.717) is 10.0 Å². The number of benzene rings is 2. The van der Waals surface area contributed by atoms with Gasteiger partial charge in [-0.3, -0.25) is 20.4 Å². The summed E-state index contributed by atoms with van der Waals surface area (Å²) in [6.45, 7) is 0. The lowest BCUT2D eigenvalue weighted by atomic mass is 10.2. The fourth-order valence-electron chi connectivity index (χ4n) is 1.64. The summed E-state index contributed by atoms with van der Waals surface area (Å²) in [6.07, 6.45) is 2.87. The van der Waals surface area contributed by atoms with Crippen LogP contribution in [0.3, 0.4) is 0 Å². The third-order valence-corrected chi connectivity index (χ3v) is 3.59. The van der Waals surface area contributed by atoms with Crippen molar-refractivity contribution in [3.63, 3.8) is 0 Å². The van der Waals surface area contributed by atoms with E-state index in [-0.39, 0.29) is 10.6 Å². The van der Waals surface area contributed by atoms with Gasteiger partial charge in [0.25, 0.3) is 11.8 Å². The lowest BCUT2D eigenvalue weighted by Crippen LogP contribution is -2.40. The van der Waals surface area contributed by atoms with Crippen molar-refractivity contribution in [3.05, 3.63) is 74.7 Å². The minimum absolute atomic E-state index is 0.168. The fourth-order valence-corrected chi connectivity index (χ4v) is 2.15. The van der Waals surface area contributed by atoms with Crippen LogP contribution in [0, 0.1) is 0 Å². The van der Waals surface area contributed by atoms with E-state index in [2.05, 4.69) is 10.9 Å². The first-order chi connectivity index (χ1) is 11.0. The Balaban J connectivity index is 1.92. The summed E-state index contributed by atoms with van der Waals surface area (Å²) in [5.74, 6) is -1.06. The zero-order chi connectivity index (χ0) is 16.8. The molecule has 2 aromatic rings. The number of amides is 2. The van der Waals surface area contributed by atoms with Crippen molar-refractivity contribution < 1.29 is 9.59 Å². The fraction of sp³-hybridized carbons (Fsp3) is 0. The van der Waals surface area contributed by atoms with Crippen molar-refractivity contribution >= 4 is 52.7 Å². The zero-order valence-corrected chi connectivity index (χ0v) is 13.9. The van der Waals surface area contributed by atoms with Crippen molar-refractivity contribution in [3.8, 4) is 0 Å². The number of nitrogens with one attached hydrogen (secondary N) is 2. The molecule has 0 aliphatic rings. The molecule has 0 saturated heterocycles. The summed E-state index contributed by atoms with van der Waals surface area (Å²) in [7, 11) is 0. The maximum Gasteiger partial charge on any atom is 0.271 e. The lowest BCUT2D eigenvalue weighted by Gasteiger charge is -2.07. The average Bonchev–Trinajstić information content (AvgIpc) is 2.54. The highest BCUT2D eigenvalue weighted by atomic mass is 35.5. The maximum absolute atomic E-state index is 11.9. The molecule has 0 bridgehead atoms. The number of hydrogen-bond acceptors (Lipinski definition) is 2. The van der Waals surface area contributed by atoms with E-state index >= 15 is 0 Å². The topological polar surface area (TPSA) is 58.2 Å². The molecule has 0 fully saturated rings. The van der Waals surface area contributed by atoms with Crippen LogP contribution < -0.4 is 10.9 Å². The monoisotopic (exact) mass is 368 g/mol. The van der Waals surface area contributed by atoms with Crippen molar-refractivity contribution in [1.29, 1.82) is 0 Å². The quantitative estimate of drug-likeness (QED) is 0.631. The van der Waals surface area contributed by atoms with Gasteiger partial charge >= 0.3 is 0 Å². The zero-order valence-electron chi connectivity index (χ0n) is 11.6. The highest BCUT2D eigenvalue weighted by Crippen LogP contribution is 2.20. The van der Waals surface area contributed by atoms with E-state index in [9.17, 15) is 9.59 Å². The molecule has 118 valence electrons. The summed E-state index contributed by atoms with van der Waals surface area (Å²) >= 11 is 17.5. The standard InChI is InChI=1S/C16H11Cl3N2O2/c17-11-4-1-10(2-5-11)3-8-15(22)20-21-16(23)13-9-12(18)6-7-14(13)19/h1-9H,(H,20,22)(H,21,23)/b8-3+. The van der Waals surface area contributed by atoms with Gasteiger partial charge in [0.15, 0.2) is 0 Å². The first-order valence-corrected chi connectivity index (χ1v) is 7.58. The van der Waals surface area contributed by atoms with Crippen LogP contribution in [0.1, 0.15) is 15.9 Å². The molecular formula is C16H11Cl3N2O2. The third-order valence-electron chi connectivity index (χ3n) is 2.77. The largest absolute Gasteiger partial charge is 0.271 e. The van der Waals surface area contributed by atoms with Crippen molar-refractivity contribution in [2.75, 3.05) is 0 Å². The van der Waals surface area contributed by atoms with Crippen LogP contribution in [0.5, 0.6) is 0 Å². The van der Waals surface area contributed by atoms with Gasteiger partial charge in [-0.05, 0) is 42.0 Å². The predicted molar refractivity (Wildman–Crippen MR) is 92.6 cm³/mol. The maximum atomic E-state index is 11.9. The Labute approximate surface area is 148 Å². The Kier molecular flexibility index (Phi) is 6.04. The van der Waals surface area contributed by atoms with Crippen LogP contribution in [0.25, 0.3) is 6.08 Å². The molecule has 2 N–H and O–H groups in total. The summed E-state index contributed by atoms with van der Waals surface area (Å²) in [6, 6.07) is 11.4. The second-order valence-electron chi connectivity index (χ2n) is 4.45. The number of hydrogen-bond donors (Lipinski definition) is 2. The van der Waals surface area contributed by atoms with Crippen molar-refractivity contribution in [2.45, 2.75) is 0 Å². The molecular weight excluding hydrogens is 359 g/mol. The first-order valence-electron chi connectivity index (χ1n) is 6.45. The number of carbonyl (C=O) groups is 2. The summed E-state index contributed by atoms with van der Waals surface area (Å²) < 4.78 is 0. The molecule has 23 heavy (non-hydrogen) atoms. The average molecular weight is 370 g/mol. The molecule has 0 heterocycles. The number of halogens is 3. The van der Waals surface area contributed by atoms with E-state index in [1.54, 1.807) is 36.4 Å². The Morgan fingerprint density at radius 3 is 2.22 bits per heavy atom. The van der Waals surface area contributed by atoms with Crippen LogP contribution in [-0.2, 0) is 4.79 Å². The molecule has 0 aliphatic carbocycles. The Hall–Kier alpha value is -2.01. The summed E-state index contributed by atoms with van der Waals surface area (Å²) in [4.78, 5) is 23.6. The van der Waals surface area contributed by atoms with Gasteiger partial charge in [0.1, 0.15) is 0 Å². The molecule has 2 rings (SSSR count). The molecule has 0 atom stereocenters. The second-order valence-corrected chi connectivity index (χ2v) is 5.73.